The van der Waals surface area contributed by atoms with E-state index in [0.29, 0.717) is 23.4 Å². The molecule has 0 spiro atoms. The summed E-state index contributed by atoms with van der Waals surface area (Å²) >= 11 is 5.83. The molecule has 0 amide bonds. The molecule has 0 saturated carbocycles. The van der Waals surface area contributed by atoms with Crippen molar-refractivity contribution in [3.05, 3.63) is 82.9 Å². The summed E-state index contributed by atoms with van der Waals surface area (Å²) in [6.45, 7) is 0.383. The van der Waals surface area contributed by atoms with Gasteiger partial charge >= 0.3 is 6.18 Å². The molecule has 0 atom stereocenters. The largest absolute Gasteiger partial charge is 0.416 e. The van der Waals surface area contributed by atoms with E-state index < -0.39 is 17.6 Å². The lowest BCUT2D eigenvalue weighted by Gasteiger charge is -2.06. The van der Waals surface area contributed by atoms with E-state index in [1.807, 2.05) is 0 Å². The topological polar surface area (TPSA) is 32.6 Å². The number of H-pyrrole nitrogens is 1. The van der Waals surface area contributed by atoms with E-state index in [9.17, 15) is 17.6 Å². The number of pyridine rings is 1. The van der Waals surface area contributed by atoms with Gasteiger partial charge in [0, 0.05) is 11.6 Å². The molecule has 28 heavy (non-hydrogen) atoms. The van der Waals surface area contributed by atoms with Gasteiger partial charge in [0.05, 0.1) is 16.1 Å². The van der Waals surface area contributed by atoms with Gasteiger partial charge in [0.25, 0.3) is 0 Å². The van der Waals surface area contributed by atoms with Crippen molar-refractivity contribution in [2.45, 2.75) is 12.7 Å². The molecule has 0 unspecified atom stereocenters. The van der Waals surface area contributed by atoms with Crippen molar-refractivity contribution in [3.63, 3.8) is 0 Å². The highest BCUT2D eigenvalue weighted by atomic mass is 35.5. The van der Waals surface area contributed by atoms with E-state index in [1.54, 1.807) is 35.2 Å². The van der Waals surface area contributed by atoms with Crippen molar-refractivity contribution in [3.8, 4) is 11.4 Å². The maximum Gasteiger partial charge on any atom is 0.416 e. The SMILES string of the molecule is Fc1c(Cl)cccc1-c1nc2cc[n+](Cc3ccc(C(F)(F)F)cc3)cc2[nH]1. The number of benzene rings is 2. The number of fused-ring (bicyclic) bond motifs is 1. The van der Waals surface area contributed by atoms with E-state index in [-0.39, 0.29) is 10.6 Å². The van der Waals surface area contributed by atoms with E-state index in [4.69, 9.17) is 11.6 Å². The van der Waals surface area contributed by atoms with Gasteiger partial charge in [-0.25, -0.2) is 9.37 Å². The van der Waals surface area contributed by atoms with Crippen LogP contribution >= 0.6 is 11.6 Å². The first-order valence-electron chi connectivity index (χ1n) is 8.30. The standard InChI is InChI=1S/C20H12ClF4N3/c21-15-3-1-2-14(18(15)22)19-26-16-8-9-28(11-17(16)27-19)10-12-4-6-13(7-5-12)20(23,24)25/h1-9,11H,10H2/p+1. The van der Waals surface area contributed by atoms with Gasteiger partial charge in [-0.15, -0.1) is 0 Å². The minimum atomic E-state index is -4.35. The third-order valence-electron chi connectivity index (χ3n) is 4.33. The Morgan fingerprint density at radius 2 is 1.79 bits per heavy atom. The van der Waals surface area contributed by atoms with Crippen molar-refractivity contribution >= 4 is 22.6 Å². The van der Waals surface area contributed by atoms with Crippen molar-refractivity contribution < 1.29 is 22.1 Å². The maximum atomic E-state index is 14.2. The summed E-state index contributed by atoms with van der Waals surface area (Å²) in [7, 11) is 0. The van der Waals surface area contributed by atoms with Gasteiger partial charge in [-0.05, 0) is 24.3 Å². The van der Waals surface area contributed by atoms with E-state index in [1.165, 1.54) is 18.2 Å². The highest BCUT2D eigenvalue weighted by Crippen LogP contribution is 2.29. The van der Waals surface area contributed by atoms with Crippen LogP contribution in [0.4, 0.5) is 17.6 Å². The number of alkyl halides is 3. The molecule has 0 bridgehead atoms. The second-order valence-electron chi connectivity index (χ2n) is 6.30. The zero-order valence-electron chi connectivity index (χ0n) is 14.3. The quantitative estimate of drug-likeness (QED) is 0.360. The van der Waals surface area contributed by atoms with Crippen LogP contribution in [0.3, 0.4) is 0 Å². The lowest BCUT2D eigenvalue weighted by molar-refractivity contribution is -0.687. The molecule has 0 saturated heterocycles. The molecule has 3 nitrogen and oxygen atoms in total. The number of aromatic amines is 1. The zero-order chi connectivity index (χ0) is 19.9. The van der Waals surface area contributed by atoms with E-state index >= 15 is 0 Å². The summed E-state index contributed by atoms with van der Waals surface area (Å²) in [6, 6.07) is 11.4. The van der Waals surface area contributed by atoms with Crippen molar-refractivity contribution in [1.82, 2.24) is 9.97 Å². The van der Waals surface area contributed by atoms with Crippen LogP contribution in [0.5, 0.6) is 0 Å². The number of aromatic nitrogens is 3. The normalized spacial score (nSPS) is 11.9. The minimum absolute atomic E-state index is 0.00956. The summed E-state index contributed by atoms with van der Waals surface area (Å²) < 4.78 is 54.0. The number of rotatable bonds is 3. The second-order valence-corrected chi connectivity index (χ2v) is 6.70. The lowest BCUT2D eigenvalue weighted by atomic mass is 10.1. The van der Waals surface area contributed by atoms with Crippen LogP contribution in [-0.4, -0.2) is 9.97 Å². The molecule has 8 heteroatoms. The molecule has 2 aromatic heterocycles. The molecular weight excluding hydrogens is 394 g/mol. The Balaban J connectivity index is 1.62. The van der Waals surface area contributed by atoms with Gasteiger partial charge in [-0.3, -0.25) is 0 Å². The van der Waals surface area contributed by atoms with E-state index in [2.05, 4.69) is 9.97 Å². The molecule has 1 N–H and O–H groups in total. The fourth-order valence-corrected chi connectivity index (χ4v) is 3.10. The molecule has 0 aliphatic heterocycles. The van der Waals surface area contributed by atoms with Crippen molar-refractivity contribution in [1.29, 1.82) is 0 Å². The van der Waals surface area contributed by atoms with Gasteiger partial charge in [-0.2, -0.15) is 17.7 Å². The van der Waals surface area contributed by atoms with Crippen LogP contribution in [0.15, 0.2) is 60.9 Å². The average molecular weight is 407 g/mol. The van der Waals surface area contributed by atoms with Crippen LogP contribution < -0.4 is 4.57 Å². The Morgan fingerprint density at radius 1 is 1.04 bits per heavy atom. The third kappa shape index (κ3) is 3.57. The first-order chi connectivity index (χ1) is 13.3. The smallest absolute Gasteiger partial charge is 0.333 e. The highest BCUT2D eigenvalue weighted by Gasteiger charge is 2.30. The molecular formula is C20H13ClF4N3+. The van der Waals surface area contributed by atoms with Gasteiger partial charge < -0.3 is 4.98 Å². The summed E-state index contributed by atoms with van der Waals surface area (Å²) in [6.07, 6.45) is -0.822. The predicted molar refractivity (Wildman–Crippen MR) is 97.2 cm³/mol. The zero-order valence-corrected chi connectivity index (χ0v) is 15.0. The Bertz CT molecular complexity index is 1150. The Labute approximate surface area is 162 Å². The fraction of sp³-hybridized carbons (Fsp3) is 0.100. The van der Waals surface area contributed by atoms with Crippen LogP contribution in [0.2, 0.25) is 5.02 Å². The first kappa shape index (κ1) is 18.4. The summed E-state index contributed by atoms with van der Waals surface area (Å²) in [5, 5.41) is 0.00956. The first-order valence-corrected chi connectivity index (χ1v) is 8.68. The number of nitrogens with zero attached hydrogens (tertiary/aromatic N) is 2. The number of hydrogen-bond acceptors (Lipinski definition) is 1. The Hall–Kier alpha value is -2.93. The Morgan fingerprint density at radius 3 is 2.50 bits per heavy atom. The highest BCUT2D eigenvalue weighted by molar-refractivity contribution is 6.31. The van der Waals surface area contributed by atoms with E-state index in [0.717, 1.165) is 17.7 Å². The third-order valence-corrected chi connectivity index (χ3v) is 4.63. The molecule has 142 valence electrons. The number of hydrogen-bond donors (Lipinski definition) is 1. The predicted octanol–water partition coefficient (Wildman–Crippen LogP) is 5.38. The lowest BCUT2D eigenvalue weighted by Crippen LogP contribution is -2.33. The minimum Gasteiger partial charge on any atom is -0.333 e. The summed E-state index contributed by atoms with van der Waals surface area (Å²) in [4.78, 5) is 7.43. The molecule has 0 aliphatic carbocycles. The summed E-state index contributed by atoms with van der Waals surface area (Å²) in [5.41, 5.74) is 1.61. The molecule has 0 fully saturated rings. The molecule has 2 aromatic carbocycles. The molecule has 4 aromatic rings. The molecule has 4 rings (SSSR count). The van der Waals surface area contributed by atoms with Crippen LogP contribution in [0, 0.1) is 5.82 Å². The molecule has 0 aliphatic rings. The number of nitrogens with one attached hydrogen (secondary N) is 1. The van der Waals surface area contributed by atoms with Gasteiger partial charge in [0.2, 0.25) is 0 Å². The van der Waals surface area contributed by atoms with Crippen LogP contribution in [0.25, 0.3) is 22.4 Å². The summed E-state index contributed by atoms with van der Waals surface area (Å²) in [5.74, 6) is -0.205. The average Bonchev–Trinajstić information content (AvgIpc) is 3.07. The Kier molecular flexibility index (Phi) is 4.55. The molecule has 2 heterocycles. The van der Waals surface area contributed by atoms with Crippen LogP contribution in [0.1, 0.15) is 11.1 Å². The van der Waals surface area contributed by atoms with Crippen LogP contribution in [-0.2, 0) is 12.7 Å². The van der Waals surface area contributed by atoms with Gasteiger partial charge in [-0.1, -0.05) is 29.8 Å². The molecule has 0 radical (unpaired) electrons. The van der Waals surface area contributed by atoms with Crippen molar-refractivity contribution in [2.24, 2.45) is 0 Å². The number of imidazole rings is 1. The van der Waals surface area contributed by atoms with Gasteiger partial charge in [0.1, 0.15) is 16.9 Å². The maximum absolute atomic E-state index is 14.2. The fourth-order valence-electron chi connectivity index (χ4n) is 2.92. The van der Waals surface area contributed by atoms with Crippen molar-refractivity contribution in [2.75, 3.05) is 0 Å². The second kappa shape index (κ2) is 6.91. The number of halogens is 5. The van der Waals surface area contributed by atoms with Gasteiger partial charge in [0.15, 0.2) is 24.8 Å². The monoisotopic (exact) mass is 406 g/mol.